The largest absolute Gasteiger partial charge is 0.464 e. The van der Waals surface area contributed by atoms with E-state index in [9.17, 15) is 14.7 Å². The summed E-state index contributed by atoms with van der Waals surface area (Å²) in [6, 6.07) is 0. The molecule has 0 rings (SSSR count). The van der Waals surface area contributed by atoms with Gasteiger partial charge in [-0.1, -0.05) is 13.8 Å². The summed E-state index contributed by atoms with van der Waals surface area (Å²) in [6.07, 6.45) is -0.843. The molecule has 0 amide bonds. The van der Waals surface area contributed by atoms with Crippen molar-refractivity contribution in [3.05, 3.63) is 0 Å². The van der Waals surface area contributed by atoms with Crippen LogP contribution >= 0.6 is 0 Å². The summed E-state index contributed by atoms with van der Waals surface area (Å²) in [5, 5.41) is 9.27. The van der Waals surface area contributed by atoms with Crippen LogP contribution in [0.2, 0.25) is 0 Å². The zero-order valence-electron chi connectivity index (χ0n) is 7.53. The Morgan fingerprint density at radius 3 is 2.50 bits per heavy atom. The van der Waals surface area contributed by atoms with Gasteiger partial charge >= 0.3 is 5.97 Å². The highest BCUT2D eigenvalue weighted by molar-refractivity contribution is 5.80. The fraction of sp³-hybridized carbons (Fsp3) is 0.750. The summed E-state index contributed by atoms with van der Waals surface area (Å²) in [6.45, 7) is 4.78. The highest BCUT2D eigenvalue weighted by Gasteiger charge is 2.34. The first kappa shape index (κ1) is 11.1. The Bertz CT molecular complexity index is 174. The van der Waals surface area contributed by atoms with E-state index in [4.69, 9.17) is 0 Å². The molecule has 0 spiro atoms. The quantitative estimate of drug-likeness (QED) is 0.486. The molecule has 1 atom stereocenters. The van der Waals surface area contributed by atoms with Gasteiger partial charge in [-0.15, -0.1) is 0 Å². The van der Waals surface area contributed by atoms with Crippen LogP contribution in [0.25, 0.3) is 0 Å². The normalized spacial score (nSPS) is 13.7. The Balaban J connectivity index is 4.27. The molecule has 0 fully saturated rings. The Hall–Kier alpha value is -0.900. The smallest absolute Gasteiger partial charge is 0.335 e. The average Bonchev–Trinajstić information content (AvgIpc) is 2.03. The molecule has 0 bridgehead atoms. The van der Waals surface area contributed by atoms with Crippen molar-refractivity contribution in [2.75, 3.05) is 6.61 Å². The van der Waals surface area contributed by atoms with Crippen LogP contribution in [0.15, 0.2) is 0 Å². The summed E-state index contributed by atoms with van der Waals surface area (Å²) in [7, 11) is 0. The van der Waals surface area contributed by atoms with E-state index < -0.39 is 17.5 Å². The highest BCUT2D eigenvalue weighted by Crippen LogP contribution is 2.17. The van der Waals surface area contributed by atoms with Crippen molar-refractivity contribution in [3.63, 3.8) is 0 Å². The fourth-order valence-electron chi connectivity index (χ4n) is 0.589. The van der Waals surface area contributed by atoms with Crippen LogP contribution in [0.3, 0.4) is 0 Å². The lowest BCUT2D eigenvalue weighted by molar-refractivity contribution is -0.160. The number of carbonyl (C=O) groups is 2. The SMILES string of the molecule is CCOC(=O)[C@@H](O)C(C)(C)C=O. The monoisotopic (exact) mass is 174 g/mol. The summed E-state index contributed by atoms with van der Waals surface area (Å²) >= 11 is 0. The highest BCUT2D eigenvalue weighted by atomic mass is 16.5. The molecule has 0 aromatic rings. The van der Waals surface area contributed by atoms with Gasteiger partial charge in [-0.05, 0) is 6.92 Å². The molecule has 0 unspecified atom stereocenters. The Labute approximate surface area is 71.5 Å². The molecular weight excluding hydrogens is 160 g/mol. The van der Waals surface area contributed by atoms with E-state index in [2.05, 4.69) is 4.74 Å². The van der Waals surface area contributed by atoms with Crippen LogP contribution in [-0.2, 0) is 14.3 Å². The van der Waals surface area contributed by atoms with Crippen LogP contribution < -0.4 is 0 Å². The van der Waals surface area contributed by atoms with Gasteiger partial charge in [0.15, 0.2) is 6.10 Å². The second-order valence-corrected chi connectivity index (χ2v) is 3.09. The van der Waals surface area contributed by atoms with Crippen molar-refractivity contribution in [2.24, 2.45) is 5.41 Å². The summed E-state index contributed by atoms with van der Waals surface area (Å²) < 4.78 is 4.54. The van der Waals surface area contributed by atoms with Crippen LogP contribution in [0, 0.1) is 5.41 Å². The van der Waals surface area contributed by atoms with Gasteiger partial charge < -0.3 is 14.6 Å². The van der Waals surface area contributed by atoms with Crippen molar-refractivity contribution in [1.82, 2.24) is 0 Å². The molecule has 0 saturated heterocycles. The molecule has 0 radical (unpaired) electrons. The summed E-state index contributed by atoms with van der Waals surface area (Å²) in [4.78, 5) is 21.3. The first-order valence-corrected chi connectivity index (χ1v) is 3.76. The minimum atomic E-state index is -1.38. The third-order valence-electron chi connectivity index (χ3n) is 1.52. The number of esters is 1. The fourth-order valence-corrected chi connectivity index (χ4v) is 0.589. The molecule has 0 aliphatic carbocycles. The van der Waals surface area contributed by atoms with E-state index in [-0.39, 0.29) is 6.61 Å². The van der Waals surface area contributed by atoms with E-state index in [1.165, 1.54) is 13.8 Å². The van der Waals surface area contributed by atoms with Gasteiger partial charge in [0.25, 0.3) is 0 Å². The minimum absolute atomic E-state index is 0.199. The number of aliphatic hydroxyl groups is 1. The molecule has 70 valence electrons. The summed E-state index contributed by atoms with van der Waals surface area (Å²) in [5.41, 5.74) is -1.08. The van der Waals surface area contributed by atoms with Gasteiger partial charge in [-0.2, -0.15) is 0 Å². The Morgan fingerprint density at radius 1 is 1.67 bits per heavy atom. The zero-order chi connectivity index (χ0) is 9.78. The zero-order valence-corrected chi connectivity index (χ0v) is 7.53. The van der Waals surface area contributed by atoms with Crippen LogP contribution in [0.1, 0.15) is 20.8 Å². The number of rotatable bonds is 4. The second kappa shape index (κ2) is 4.21. The van der Waals surface area contributed by atoms with Gasteiger partial charge in [-0.25, -0.2) is 4.79 Å². The van der Waals surface area contributed by atoms with Gasteiger partial charge in [0.05, 0.1) is 12.0 Å². The van der Waals surface area contributed by atoms with Crippen molar-refractivity contribution in [1.29, 1.82) is 0 Å². The maximum Gasteiger partial charge on any atom is 0.335 e. The van der Waals surface area contributed by atoms with Gasteiger partial charge in [0, 0.05) is 0 Å². The predicted molar refractivity (Wildman–Crippen MR) is 42.5 cm³/mol. The maximum atomic E-state index is 10.9. The molecule has 1 N–H and O–H groups in total. The molecule has 0 saturated carbocycles. The number of carbonyl (C=O) groups excluding carboxylic acids is 2. The average molecular weight is 174 g/mol. The van der Waals surface area contributed by atoms with E-state index in [0.29, 0.717) is 6.29 Å². The lowest BCUT2D eigenvalue weighted by Gasteiger charge is -2.21. The first-order valence-electron chi connectivity index (χ1n) is 3.76. The molecule has 4 nitrogen and oxygen atoms in total. The summed E-state index contributed by atoms with van der Waals surface area (Å²) in [5.74, 6) is -0.755. The number of ether oxygens (including phenoxy) is 1. The van der Waals surface area contributed by atoms with Crippen molar-refractivity contribution in [2.45, 2.75) is 26.9 Å². The first-order chi connectivity index (χ1) is 5.45. The molecule has 4 heteroatoms. The second-order valence-electron chi connectivity index (χ2n) is 3.09. The van der Waals surface area contributed by atoms with Crippen LogP contribution in [-0.4, -0.2) is 30.1 Å². The van der Waals surface area contributed by atoms with E-state index >= 15 is 0 Å². The van der Waals surface area contributed by atoms with Crippen molar-refractivity contribution in [3.8, 4) is 0 Å². The molecule has 0 aliphatic heterocycles. The van der Waals surface area contributed by atoms with Gasteiger partial charge in [0.2, 0.25) is 0 Å². The van der Waals surface area contributed by atoms with Crippen molar-refractivity contribution < 1.29 is 19.4 Å². The maximum absolute atomic E-state index is 10.9. The van der Waals surface area contributed by atoms with Gasteiger partial charge in [0.1, 0.15) is 6.29 Å². The number of aliphatic hydroxyl groups excluding tert-OH is 1. The lowest BCUT2D eigenvalue weighted by Crippen LogP contribution is -2.38. The van der Waals surface area contributed by atoms with E-state index in [0.717, 1.165) is 0 Å². The lowest BCUT2D eigenvalue weighted by atomic mass is 9.88. The molecule has 0 aromatic heterocycles. The number of hydrogen-bond donors (Lipinski definition) is 1. The van der Waals surface area contributed by atoms with E-state index in [1.807, 2.05) is 0 Å². The molecule has 0 heterocycles. The Kier molecular flexibility index (Phi) is 3.89. The van der Waals surface area contributed by atoms with Crippen molar-refractivity contribution >= 4 is 12.3 Å². The van der Waals surface area contributed by atoms with Gasteiger partial charge in [-0.3, -0.25) is 0 Å². The minimum Gasteiger partial charge on any atom is -0.464 e. The predicted octanol–water partition coefficient (Wildman–Crippen LogP) is 0.135. The third-order valence-corrected chi connectivity index (χ3v) is 1.52. The van der Waals surface area contributed by atoms with Crippen LogP contribution in [0.5, 0.6) is 0 Å². The molecule has 0 aliphatic rings. The molecular formula is C8H14O4. The molecule has 0 aromatic carbocycles. The molecule has 12 heavy (non-hydrogen) atoms. The number of aldehydes is 1. The standard InChI is InChI=1S/C8H14O4/c1-4-12-7(11)6(10)8(2,3)5-9/h5-6,10H,4H2,1-3H3/t6-/m1/s1. The topological polar surface area (TPSA) is 63.6 Å². The third kappa shape index (κ3) is 2.62. The van der Waals surface area contributed by atoms with E-state index in [1.54, 1.807) is 6.92 Å². The van der Waals surface area contributed by atoms with Crippen LogP contribution in [0.4, 0.5) is 0 Å². The number of hydrogen-bond acceptors (Lipinski definition) is 4. The Morgan fingerprint density at radius 2 is 2.17 bits per heavy atom.